The van der Waals surface area contributed by atoms with Crippen LogP contribution in [0.1, 0.15) is 26.3 Å². The summed E-state index contributed by atoms with van der Waals surface area (Å²) < 4.78 is 11.4. The molecule has 6 heteroatoms. The number of benzene rings is 1. The summed E-state index contributed by atoms with van der Waals surface area (Å²) in [6, 6.07) is 7.50. The van der Waals surface area contributed by atoms with Gasteiger partial charge in [-0.25, -0.2) is 0 Å². The van der Waals surface area contributed by atoms with Crippen molar-refractivity contribution in [1.29, 1.82) is 0 Å². The van der Waals surface area contributed by atoms with Gasteiger partial charge < -0.3 is 0 Å². The van der Waals surface area contributed by atoms with E-state index < -0.39 is 37.0 Å². The second-order valence-corrected chi connectivity index (χ2v) is 18.5. The molecule has 0 aliphatic heterocycles. The second kappa shape index (κ2) is 8.05. The molecule has 134 valence electrons. The number of hydrogen-bond acceptors (Lipinski definition) is 4. The SMILES string of the molecule is COC(=O)[C@H](Cc1cc[c]([Ge]([CH3])([CH3])[CH3])cc1)NC(=O)OC(C)(C)C. The Hall–Kier alpha value is -1.50. The van der Waals surface area contributed by atoms with Crippen molar-refractivity contribution in [2.45, 2.75) is 56.1 Å². The van der Waals surface area contributed by atoms with E-state index in [0.29, 0.717) is 6.42 Å². The maximum atomic E-state index is 12.0. The van der Waals surface area contributed by atoms with E-state index in [2.05, 4.69) is 34.7 Å². The van der Waals surface area contributed by atoms with E-state index >= 15 is 0 Å². The molecule has 24 heavy (non-hydrogen) atoms. The summed E-state index contributed by atoms with van der Waals surface area (Å²) in [4.78, 5) is 23.9. The fourth-order valence-corrected chi connectivity index (χ4v) is 4.61. The van der Waals surface area contributed by atoms with Crippen molar-refractivity contribution in [2.24, 2.45) is 0 Å². The normalized spacial score (nSPS) is 13.1. The first-order chi connectivity index (χ1) is 10.9. The molecule has 1 aromatic carbocycles. The Morgan fingerprint density at radius 1 is 1.12 bits per heavy atom. The first-order valence-corrected chi connectivity index (χ1v) is 15.4. The standard InChI is InChI=1S/C18H29GeNO4/c1-18(2,3)24-17(22)20-15(16(21)23-7)12-13-8-10-14(11-9-13)19(4,5)6/h8-11,15H,12H2,1-7H3,(H,20,22)/t15-/m0/s1. The fourth-order valence-electron chi connectivity index (χ4n) is 2.16. The molecule has 0 fully saturated rings. The summed E-state index contributed by atoms with van der Waals surface area (Å²) in [6.07, 6.45) is -0.261. The van der Waals surface area contributed by atoms with Crippen LogP contribution in [0.2, 0.25) is 17.3 Å². The van der Waals surface area contributed by atoms with Gasteiger partial charge in [-0.05, 0) is 0 Å². The van der Waals surface area contributed by atoms with Gasteiger partial charge in [-0.2, -0.15) is 0 Å². The number of methoxy groups -OCH3 is 1. The molecule has 0 aliphatic carbocycles. The van der Waals surface area contributed by atoms with Crippen LogP contribution in [0.5, 0.6) is 0 Å². The van der Waals surface area contributed by atoms with Crippen LogP contribution < -0.4 is 9.71 Å². The van der Waals surface area contributed by atoms with E-state index in [1.54, 1.807) is 20.8 Å². The van der Waals surface area contributed by atoms with Crippen LogP contribution in [0.4, 0.5) is 4.79 Å². The van der Waals surface area contributed by atoms with Crippen LogP contribution >= 0.6 is 0 Å². The number of hydrogen-bond donors (Lipinski definition) is 1. The average molecular weight is 396 g/mol. The molecular formula is C18H29GeNO4. The molecule has 0 bridgehead atoms. The third kappa shape index (κ3) is 6.95. The Morgan fingerprint density at radius 3 is 2.08 bits per heavy atom. The third-order valence-corrected chi connectivity index (χ3v) is 7.77. The summed E-state index contributed by atoms with van der Waals surface area (Å²) in [5, 5.41) is 2.59. The fraction of sp³-hybridized carbons (Fsp3) is 0.556. The van der Waals surface area contributed by atoms with Crippen molar-refractivity contribution in [3.63, 3.8) is 0 Å². The zero-order valence-electron chi connectivity index (χ0n) is 15.7. The van der Waals surface area contributed by atoms with E-state index in [0.717, 1.165) is 5.56 Å². The van der Waals surface area contributed by atoms with E-state index in [1.807, 2.05) is 12.1 Å². The number of carbonyl (C=O) groups is 2. The average Bonchev–Trinajstić information content (AvgIpc) is 2.43. The van der Waals surface area contributed by atoms with E-state index in [1.165, 1.54) is 11.5 Å². The van der Waals surface area contributed by atoms with Gasteiger partial charge in [0, 0.05) is 0 Å². The Morgan fingerprint density at radius 2 is 1.67 bits per heavy atom. The van der Waals surface area contributed by atoms with Gasteiger partial charge >= 0.3 is 147 Å². The molecule has 1 rings (SSSR count). The van der Waals surface area contributed by atoms with Gasteiger partial charge in [0.25, 0.3) is 0 Å². The minimum absolute atomic E-state index is 0.364. The van der Waals surface area contributed by atoms with Crippen molar-refractivity contribution < 1.29 is 19.1 Å². The molecule has 0 saturated heterocycles. The molecule has 1 amide bonds. The number of esters is 1. The Bertz CT molecular complexity index is 570. The number of rotatable bonds is 5. The molecule has 1 atom stereocenters. The summed E-state index contributed by atoms with van der Waals surface area (Å²) in [5.41, 5.74) is 0.350. The zero-order valence-corrected chi connectivity index (χ0v) is 17.8. The number of alkyl carbamates (subject to hydrolysis) is 1. The molecule has 5 nitrogen and oxygen atoms in total. The molecule has 0 radical (unpaired) electrons. The molecule has 1 aromatic rings. The van der Waals surface area contributed by atoms with Gasteiger partial charge in [0.2, 0.25) is 0 Å². The summed E-state index contributed by atoms with van der Waals surface area (Å²) in [6.45, 7) is 5.32. The van der Waals surface area contributed by atoms with Gasteiger partial charge in [0.05, 0.1) is 0 Å². The second-order valence-electron chi connectivity index (χ2n) is 7.87. The maximum absolute atomic E-state index is 12.0. The molecular weight excluding hydrogens is 367 g/mol. The molecule has 0 saturated carbocycles. The van der Waals surface area contributed by atoms with Gasteiger partial charge in [-0.15, -0.1) is 0 Å². The van der Waals surface area contributed by atoms with Crippen molar-refractivity contribution >= 4 is 29.7 Å². The number of carbonyl (C=O) groups excluding carboxylic acids is 2. The Labute approximate surface area is 147 Å². The predicted molar refractivity (Wildman–Crippen MR) is 98.3 cm³/mol. The number of ether oxygens (including phenoxy) is 2. The van der Waals surface area contributed by atoms with Crippen molar-refractivity contribution in [3.8, 4) is 0 Å². The van der Waals surface area contributed by atoms with Crippen molar-refractivity contribution in [1.82, 2.24) is 5.32 Å². The quantitative estimate of drug-likeness (QED) is 0.615. The molecule has 0 aliphatic rings. The molecule has 0 aromatic heterocycles. The Balaban J connectivity index is 2.83. The van der Waals surface area contributed by atoms with Crippen LogP contribution in [0.25, 0.3) is 0 Å². The summed E-state index contributed by atoms with van der Waals surface area (Å²) >= 11 is -1.86. The van der Waals surface area contributed by atoms with Crippen LogP contribution in [-0.2, 0) is 20.7 Å². The summed E-state index contributed by atoms with van der Waals surface area (Å²) in [7, 11) is 1.31. The van der Waals surface area contributed by atoms with Crippen LogP contribution in [0, 0.1) is 0 Å². The van der Waals surface area contributed by atoms with Crippen molar-refractivity contribution in [3.05, 3.63) is 29.8 Å². The molecule has 0 unspecified atom stereocenters. The Kier molecular flexibility index (Phi) is 6.89. The first-order valence-electron chi connectivity index (χ1n) is 8.09. The molecule has 1 N–H and O–H groups in total. The van der Waals surface area contributed by atoms with Gasteiger partial charge in [-0.1, -0.05) is 0 Å². The monoisotopic (exact) mass is 397 g/mol. The van der Waals surface area contributed by atoms with Crippen LogP contribution in [0.15, 0.2) is 24.3 Å². The van der Waals surface area contributed by atoms with Crippen LogP contribution in [0.3, 0.4) is 0 Å². The van der Waals surface area contributed by atoms with Crippen LogP contribution in [-0.4, -0.2) is 44.1 Å². The predicted octanol–water partition coefficient (Wildman–Crippen LogP) is 2.84. The third-order valence-electron chi connectivity index (χ3n) is 3.44. The summed E-state index contributed by atoms with van der Waals surface area (Å²) in [5.74, 6) is 6.50. The molecule has 0 heterocycles. The van der Waals surface area contributed by atoms with Gasteiger partial charge in [0.15, 0.2) is 0 Å². The molecule has 0 spiro atoms. The zero-order chi connectivity index (χ0) is 18.5. The van der Waals surface area contributed by atoms with E-state index in [4.69, 9.17) is 9.47 Å². The van der Waals surface area contributed by atoms with Gasteiger partial charge in [0.1, 0.15) is 0 Å². The van der Waals surface area contributed by atoms with E-state index in [-0.39, 0.29) is 0 Å². The first kappa shape index (κ1) is 20.5. The topological polar surface area (TPSA) is 64.6 Å². The van der Waals surface area contributed by atoms with Crippen molar-refractivity contribution in [2.75, 3.05) is 7.11 Å². The number of nitrogens with one attached hydrogen (secondary N) is 1. The minimum atomic E-state index is -1.86. The van der Waals surface area contributed by atoms with E-state index in [9.17, 15) is 9.59 Å². The van der Waals surface area contributed by atoms with Gasteiger partial charge in [-0.3, -0.25) is 0 Å². The number of amides is 1.